The highest BCUT2D eigenvalue weighted by Gasteiger charge is 2.29. The Labute approximate surface area is 144 Å². The van der Waals surface area contributed by atoms with Crippen molar-refractivity contribution in [3.05, 3.63) is 46.2 Å². The first-order valence-electron chi connectivity index (χ1n) is 7.61. The van der Waals surface area contributed by atoms with Crippen LogP contribution in [0.5, 0.6) is 0 Å². The van der Waals surface area contributed by atoms with Gasteiger partial charge in [0, 0.05) is 31.1 Å². The van der Waals surface area contributed by atoms with Crippen molar-refractivity contribution >= 4 is 26.9 Å². The molecule has 0 saturated heterocycles. The van der Waals surface area contributed by atoms with E-state index in [1.54, 1.807) is 17.4 Å². The molecule has 0 radical (unpaired) electrons. The second kappa shape index (κ2) is 7.16. The first-order valence-corrected chi connectivity index (χ1v) is 10.0. The Bertz CT molecular complexity index is 806. The van der Waals surface area contributed by atoms with E-state index in [0.717, 1.165) is 26.1 Å². The monoisotopic (exact) mass is 372 g/mol. The van der Waals surface area contributed by atoms with Crippen molar-refractivity contribution < 1.29 is 17.2 Å². The molecule has 0 amide bonds. The summed E-state index contributed by atoms with van der Waals surface area (Å²) in [6, 6.07) is 7.93. The zero-order valence-electron chi connectivity index (χ0n) is 12.9. The van der Waals surface area contributed by atoms with Gasteiger partial charge in [-0.3, -0.25) is 4.90 Å². The number of anilines is 1. The minimum atomic E-state index is -4.60. The molecule has 2 aromatic rings. The number of halogens is 2. The number of benzene rings is 1. The number of thiophene rings is 1. The highest BCUT2D eigenvalue weighted by molar-refractivity contribution is 7.91. The summed E-state index contributed by atoms with van der Waals surface area (Å²) < 4.78 is 49.0. The van der Waals surface area contributed by atoms with E-state index in [1.165, 1.54) is 28.6 Å². The molecule has 0 atom stereocenters. The molecular weight excluding hydrogens is 354 g/mol. The van der Waals surface area contributed by atoms with Gasteiger partial charge in [0.05, 0.1) is 10.6 Å². The maximum Gasteiger partial charge on any atom is 0.341 e. The van der Waals surface area contributed by atoms with Crippen LogP contribution in [0.1, 0.15) is 10.4 Å². The smallest absolute Gasteiger partial charge is 0.341 e. The van der Waals surface area contributed by atoms with Crippen molar-refractivity contribution in [2.75, 3.05) is 25.0 Å². The summed E-state index contributed by atoms with van der Waals surface area (Å²) in [7, 11) is -4.60. The van der Waals surface area contributed by atoms with Gasteiger partial charge in [-0.1, -0.05) is 12.1 Å². The summed E-state index contributed by atoms with van der Waals surface area (Å²) in [4.78, 5) is 3.35. The van der Waals surface area contributed by atoms with Crippen LogP contribution in [0.25, 0.3) is 0 Å². The molecule has 130 valence electrons. The van der Waals surface area contributed by atoms with E-state index in [9.17, 15) is 17.2 Å². The predicted octanol–water partition coefficient (Wildman–Crippen LogP) is 3.21. The molecular formula is C16H18F2N2O2S2. The van der Waals surface area contributed by atoms with E-state index >= 15 is 0 Å². The van der Waals surface area contributed by atoms with Gasteiger partial charge in [0.2, 0.25) is 9.84 Å². The molecule has 1 aromatic heterocycles. The van der Waals surface area contributed by atoms with Crippen molar-refractivity contribution in [1.29, 1.82) is 0 Å². The van der Waals surface area contributed by atoms with Crippen LogP contribution in [0.15, 0.2) is 40.6 Å². The number of para-hydroxylation sites is 1. The van der Waals surface area contributed by atoms with Crippen molar-refractivity contribution in [2.24, 2.45) is 0 Å². The third kappa shape index (κ3) is 3.60. The summed E-state index contributed by atoms with van der Waals surface area (Å²) in [5, 5.41) is 5.08. The molecule has 0 spiro atoms. The lowest BCUT2D eigenvalue weighted by atomic mass is 10.1. The molecule has 0 saturated carbocycles. The zero-order valence-corrected chi connectivity index (χ0v) is 14.5. The number of nitrogens with one attached hydrogen (secondary N) is 1. The summed E-state index contributed by atoms with van der Waals surface area (Å²) in [5.41, 5.74) is 1.57. The van der Waals surface area contributed by atoms with Crippen molar-refractivity contribution in [3.63, 3.8) is 0 Å². The van der Waals surface area contributed by atoms with Gasteiger partial charge >= 0.3 is 5.76 Å². The fraction of sp³-hybridized carbons (Fsp3) is 0.375. The average molecular weight is 372 g/mol. The van der Waals surface area contributed by atoms with Gasteiger partial charge in [-0.15, -0.1) is 11.3 Å². The SMILES string of the molecule is O=S(=O)(c1ccccc1NCCN1CCc2sccc2C1)C(F)F. The standard InChI is InChI=1S/C16H18F2N2O2S2/c17-16(18)24(21,22)15-4-2-1-3-13(15)19-7-9-20-8-5-14-12(11-20)6-10-23-14/h1-4,6,10,16,19H,5,7-9,11H2. The van der Waals surface area contributed by atoms with E-state index in [-0.39, 0.29) is 10.6 Å². The second-order valence-electron chi connectivity index (χ2n) is 5.62. The third-order valence-corrected chi connectivity index (χ3v) is 6.52. The normalized spacial score (nSPS) is 15.5. The van der Waals surface area contributed by atoms with E-state index in [4.69, 9.17) is 0 Å². The van der Waals surface area contributed by atoms with Gasteiger partial charge in [0.15, 0.2) is 0 Å². The highest BCUT2D eigenvalue weighted by Crippen LogP contribution is 2.26. The van der Waals surface area contributed by atoms with Crippen LogP contribution < -0.4 is 5.32 Å². The number of hydrogen-bond acceptors (Lipinski definition) is 5. The second-order valence-corrected chi connectivity index (χ2v) is 8.51. The molecule has 1 aliphatic heterocycles. The molecule has 24 heavy (non-hydrogen) atoms. The van der Waals surface area contributed by atoms with E-state index in [0.29, 0.717) is 6.54 Å². The number of fused-ring (bicyclic) bond motifs is 1. The van der Waals surface area contributed by atoms with Gasteiger partial charge in [0.25, 0.3) is 0 Å². The summed E-state index contributed by atoms with van der Waals surface area (Å²) >= 11 is 1.78. The van der Waals surface area contributed by atoms with Crippen LogP contribution in [0, 0.1) is 0 Å². The Kier molecular flexibility index (Phi) is 5.17. The van der Waals surface area contributed by atoms with Gasteiger partial charge in [-0.25, -0.2) is 8.42 Å². The molecule has 2 heterocycles. The molecule has 0 aliphatic carbocycles. The van der Waals surface area contributed by atoms with Crippen LogP contribution in [0.2, 0.25) is 0 Å². The fourth-order valence-corrected chi connectivity index (χ4v) is 4.60. The summed E-state index contributed by atoms with van der Waals surface area (Å²) in [6.07, 6.45) is 1.02. The largest absolute Gasteiger partial charge is 0.383 e. The van der Waals surface area contributed by atoms with Gasteiger partial charge in [0.1, 0.15) is 0 Å². The van der Waals surface area contributed by atoms with Crippen LogP contribution in [-0.2, 0) is 22.8 Å². The van der Waals surface area contributed by atoms with Crippen LogP contribution in [-0.4, -0.2) is 38.7 Å². The Balaban J connectivity index is 1.62. The lowest BCUT2D eigenvalue weighted by Gasteiger charge is -2.27. The van der Waals surface area contributed by atoms with Crippen molar-refractivity contribution in [1.82, 2.24) is 4.90 Å². The first-order chi connectivity index (χ1) is 11.5. The Morgan fingerprint density at radius 1 is 1.25 bits per heavy atom. The fourth-order valence-electron chi connectivity index (χ4n) is 2.80. The molecule has 0 bridgehead atoms. The number of hydrogen-bond donors (Lipinski definition) is 1. The Morgan fingerprint density at radius 2 is 2.04 bits per heavy atom. The summed E-state index contributed by atoms with van der Waals surface area (Å²) in [5.74, 6) is -3.42. The van der Waals surface area contributed by atoms with Crippen LogP contribution >= 0.6 is 11.3 Å². The molecule has 1 N–H and O–H groups in total. The molecule has 4 nitrogen and oxygen atoms in total. The number of sulfone groups is 1. The predicted molar refractivity (Wildman–Crippen MR) is 91.4 cm³/mol. The van der Waals surface area contributed by atoms with E-state index in [1.807, 2.05) is 0 Å². The minimum absolute atomic E-state index is 0.228. The minimum Gasteiger partial charge on any atom is -0.383 e. The molecule has 1 aromatic carbocycles. The van der Waals surface area contributed by atoms with Crippen LogP contribution in [0.4, 0.5) is 14.5 Å². The molecule has 1 aliphatic rings. The van der Waals surface area contributed by atoms with E-state index < -0.39 is 15.6 Å². The van der Waals surface area contributed by atoms with E-state index in [2.05, 4.69) is 21.7 Å². The number of rotatable bonds is 6. The van der Waals surface area contributed by atoms with Gasteiger partial charge in [-0.05, 0) is 35.6 Å². The molecule has 8 heteroatoms. The first kappa shape index (κ1) is 17.3. The zero-order chi connectivity index (χ0) is 17.2. The average Bonchev–Trinajstić information content (AvgIpc) is 3.03. The van der Waals surface area contributed by atoms with Gasteiger partial charge in [-0.2, -0.15) is 8.78 Å². The Hall–Kier alpha value is -1.51. The maximum absolute atomic E-state index is 12.8. The highest BCUT2D eigenvalue weighted by atomic mass is 32.2. The van der Waals surface area contributed by atoms with Crippen LogP contribution in [0.3, 0.4) is 0 Å². The lowest BCUT2D eigenvalue weighted by Crippen LogP contribution is -2.33. The molecule has 0 fully saturated rings. The summed E-state index contributed by atoms with van der Waals surface area (Å²) in [6.45, 7) is 3.04. The molecule has 0 unspecified atom stereocenters. The Morgan fingerprint density at radius 3 is 2.83 bits per heavy atom. The number of alkyl halides is 2. The van der Waals surface area contributed by atoms with Crippen molar-refractivity contribution in [2.45, 2.75) is 23.6 Å². The third-order valence-electron chi connectivity index (χ3n) is 4.06. The van der Waals surface area contributed by atoms with Crippen molar-refractivity contribution in [3.8, 4) is 0 Å². The lowest BCUT2D eigenvalue weighted by molar-refractivity contribution is 0.235. The topological polar surface area (TPSA) is 49.4 Å². The quantitative estimate of drug-likeness (QED) is 0.846. The van der Waals surface area contributed by atoms with Gasteiger partial charge < -0.3 is 5.32 Å². The molecule has 3 rings (SSSR count). The number of nitrogens with zero attached hydrogens (tertiary/aromatic N) is 1. The maximum atomic E-state index is 12.8.